The summed E-state index contributed by atoms with van der Waals surface area (Å²) in [6, 6.07) is 3.97. The highest BCUT2D eigenvalue weighted by Crippen LogP contribution is 2.18. The molecule has 0 aromatic heterocycles. The highest BCUT2D eigenvalue weighted by atomic mass is 16.6. The molecule has 5 nitrogen and oxygen atoms in total. The van der Waals surface area contributed by atoms with Gasteiger partial charge in [0.1, 0.15) is 0 Å². The molecule has 0 aliphatic carbocycles. The summed E-state index contributed by atoms with van der Waals surface area (Å²) in [7, 11) is 0. The highest BCUT2D eigenvalue weighted by molar-refractivity contribution is 5.81. The number of carbonyl (C=O) groups is 1. The second kappa shape index (κ2) is 3.77. The fraction of sp³-hybridized carbons (Fsp3) is 0.125. The van der Waals surface area contributed by atoms with E-state index in [9.17, 15) is 14.9 Å². The van der Waals surface area contributed by atoms with Gasteiger partial charge < -0.3 is 5.11 Å². The Bertz CT molecular complexity index is 348. The molecular formula is C8H7NO4. The molecule has 1 aromatic rings. The minimum absolute atomic E-state index is 0.0159. The first-order chi connectivity index (χ1) is 6.19. The van der Waals surface area contributed by atoms with Gasteiger partial charge in [-0.15, -0.1) is 0 Å². The molecule has 0 radical (unpaired) electrons. The number of rotatable bonds is 3. The molecule has 0 aliphatic rings. The molecular weight excluding hydrogens is 174 g/mol. The number of aldehydes is 1. The fourth-order valence-corrected chi connectivity index (χ4v) is 0.945. The van der Waals surface area contributed by atoms with Crippen molar-refractivity contribution >= 4 is 12.0 Å². The summed E-state index contributed by atoms with van der Waals surface area (Å²) in [5, 5.41) is 19.1. The van der Waals surface area contributed by atoms with Crippen LogP contribution in [0.5, 0.6) is 0 Å². The Labute approximate surface area is 73.8 Å². The van der Waals surface area contributed by atoms with Crippen LogP contribution in [-0.4, -0.2) is 16.3 Å². The quantitative estimate of drug-likeness (QED) is 0.426. The van der Waals surface area contributed by atoms with Gasteiger partial charge in [-0.3, -0.25) is 14.9 Å². The molecule has 0 fully saturated rings. The Kier molecular flexibility index (Phi) is 2.71. The van der Waals surface area contributed by atoms with Crippen LogP contribution in [0.4, 0.5) is 5.69 Å². The lowest BCUT2D eigenvalue weighted by atomic mass is 10.1. The lowest BCUT2D eigenvalue weighted by Gasteiger charge is -1.98. The lowest BCUT2D eigenvalue weighted by Crippen LogP contribution is -1.96. The minimum atomic E-state index is -0.650. The van der Waals surface area contributed by atoms with Crippen molar-refractivity contribution in [2.45, 2.75) is 6.61 Å². The van der Waals surface area contributed by atoms with Crippen molar-refractivity contribution in [2.24, 2.45) is 0 Å². The van der Waals surface area contributed by atoms with Gasteiger partial charge in [-0.2, -0.15) is 0 Å². The maximum absolute atomic E-state index is 10.4. The van der Waals surface area contributed by atoms with Crippen LogP contribution in [-0.2, 0) is 6.61 Å². The first-order valence-corrected chi connectivity index (χ1v) is 3.52. The molecule has 0 saturated carbocycles. The molecule has 0 amide bonds. The molecule has 5 heteroatoms. The molecule has 13 heavy (non-hydrogen) atoms. The van der Waals surface area contributed by atoms with E-state index in [1.165, 1.54) is 18.2 Å². The number of aliphatic hydroxyl groups excluding tert-OH is 1. The molecule has 0 spiro atoms. The maximum atomic E-state index is 10.4. The van der Waals surface area contributed by atoms with Crippen LogP contribution in [0.2, 0.25) is 0 Å². The molecule has 1 rings (SSSR count). The highest BCUT2D eigenvalue weighted by Gasteiger charge is 2.12. The van der Waals surface area contributed by atoms with E-state index in [1.54, 1.807) is 0 Å². The number of hydrogen-bond acceptors (Lipinski definition) is 4. The zero-order valence-electron chi connectivity index (χ0n) is 6.64. The third-order valence-electron chi connectivity index (χ3n) is 1.60. The van der Waals surface area contributed by atoms with Gasteiger partial charge in [0.25, 0.3) is 5.69 Å². The second-order valence-electron chi connectivity index (χ2n) is 2.43. The Morgan fingerprint density at radius 3 is 2.69 bits per heavy atom. The molecule has 68 valence electrons. The van der Waals surface area contributed by atoms with Gasteiger partial charge in [-0.25, -0.2) is 0 Å². The maximum Gasteiger partial charge on any atom is 0.280 e. The van der Waals surface area contributed by atoms with Crippen LogP contribution in [0.1, 0.15) is 15.9 Å². The summed E-state index contributed by atoms with van der Waals surface area (Å²) in [6.07, 6.45) is 0.416. The van der Waals surface area contributed by atoms with E-state index in [0.717, 1.165) is 0 Å². The van der Waals surface area contributed by atoms with Crippen LogP contribution >= 0.6 is 0 Å². The summed E-state index contributed by atoms with van der Waals surface area (Å²) in [6.45, 7) is -0.278. The van der Waals surface area contributed by atoms with Crippen LogP contribution in [0.15, 0.2) is 18.2 Å². The predicted octanol–water partition coefficient (Wildman–Crippen LogP) is 0.900. The van der Waals surface area contributed by atoms with E-state index in [-0.39, 0.29) is 17.9 Å². The molecule has 0 bridgehead atoms. The van der Waals surface area contributed by atoms with Gasteiger partial charge in [-0.1, -0.05) is 6.07 Å². The largest absolute Gasteiger partial charge is 0.392 e. The third-order valence-corrected chi connectivity index (χ3v) is 1.60. The monoisotopic (exact) mass is 181 g/mol. The van der Waals surface area contributed by atoms with E-state index in [4.69, 9.17) is 5.11 Å². The van der Waals surface area contributed by atoms with Crippen LogP contribution in [0.25, 0.3) is 0 Å². The van der Waals surface area contributed by atoms with Gasteiger partial charge in [0.15, 0.2) is 6.29 Å². The fourth-order valence-electron chi connectivity index (χ4n) is 0.945. The second-order valence-corrected chi connectivity index (χ2v) is 2.43. The normalized spacial score (nSPS) is 9.62. The predicted molar refractivity (Wildman–Crippen MR) is 44.4 cm³/mol. The van der Waals surface area contributed by atoms with Crippen molar-refractivity contribution in [2.75, 3.05) is 0 Å². The Morgan fingerprint density at radius 1 is 1.54 bits per heavy atom. The summed E-state index contributed by atoms with van der Waals surface area (Å²) < 4.78 is 0. The average molecular weight is 181 g/mol. The molecule has 1 aromatic carbocycles. The first-order valence-electron chi connectivity index (χ1n) is 3.52. The minimum Gasteiger partial charge on any atom is -0.392 e. The van der Waals surface area contributed by atoms with Crippen LogP contribution < -0.4 is 0 Å². The molecule has 1 N–H and O–H groups in total. The molecule has 0 aliphatic heterocycles. The summed E-state index contributed by atoms with van der Waals surface area (Å²) >= 11 is 0. The molecule has 0 atom stereocenters. The standard InChI is InChI=1S/C8H7NO4/c10-4-6-1-2-7(5-11)8(3-6)9(12)13/h1-3,5,10H,4H2. The Balaban J connectivity index is 3.25. The van der Waals surface area contributed by atoms with Crippen LogP contribution in [0.3, 0.4) is 0 Å². The number of nitro benzene ring substituents is 1. The number of benzene rings is 1. The number of aliphatic hydroxyl groups is 1. The Hall–Kier alpha value is -1.75. The van der Waals surface area contributed by atoms with E-state index in [0.29, 0.717) is 11.8 Å². The first kappa shape index (κ1) is 9.34. The molecule has 0 saturated heterocycles. The van der Waals surface area contributed by atoms with Crippen molar-refractivity contribution in [3.05, 3.63) is 39.4 Å². The van der Waals surface area contributed by atoms with Gasteiger partial charge in [-0.05, 0) is 11.6 Å². The number of carbonyl (C=O) groups excluding carboxylic acids is 1. The van der Waals surface area contributed by atoms with Crippen LogP contribution in [0, 0.1) is 10.1 Å². The number of nitro groups is 1. The van der Waals surface area contributed by atoms with Crippen molar-refractivity contribution in [3.63, 3.8) is 0 Å². The number of hydrogen-bond donors (Lipinski definition) is 1. The third kappa shape index (κ3) is 1.88. The van der Waals surface area contributed by atoms with Gasteiger partial charge >= 0.3 is 0 Å². The van der Waals surface area contributed by atoms with Crippen molar-refractivity contribution < 1.29 is 14.8 Å². The molecule has 0 heterocycles. The van der Waals surface area contributed by atoms with E-state index in [1.807, 2.05) is 0 Å². The van der Waals surface area contributed by atoms with Gasteiger partial charge in [0.05, 0.1) is 17.1 Å². The topological polar surface area (TPSA) is 80.4 Å². The SMILES string of the molecule is O=Cc1ccc(CO)cc1[N+](=O)[O-]. The van der Waals surface area contributed by atoms with Crippen molar-refractivity contribution in [1.29, 1.82) is 0 Å². The smallest absolute Gasteiger partial charge is 0.280 e. The average Bonchev–Trinajstić information content (AvgIpc) is 2.16. The Morgan fingerprint density at radius 2 is 2.23 bits per heavy atom. The van der Waals surface area contributed by atoms with Gasteiger partial charge in [0, 0.05) is 6.07 Å². The zero-order chi connectivity index (χ0) is 9.84. The summed E-state index contributed by atoms with van der Waals surface area (Å²) in [5.74, 6) is 0. The van der Waals surface area contributed by atoms with Crippen molar-refractivity contribution in [1.82, 2.24) is 0 Å². The summed E-state index contributed by atoms with van der Waals surface area (Å²) in [5.41, 5.74) is 0.154. The lowest BCUT2D eigenvalue weighted by molar-refractivity contribution is -0.385. The van der Waals surface area contributed by atoms with E-state index < -0.39 is 4.92 Å². The van der Waals surface area contributed by atoms with Crippen molar-refractivity contribution in [3.8, 4) is 0 Å². The van der Waals surface area contributed by atoms with E-state index in [2.05, 4.69) is 0 Å². The summed E-state index contributed by atoms with van der Waals surface area (Å²) in [4.78, 5) is 20.1. The van der Waals surface area contributed by atoms with Gasteiger partial charge in [0.2, 0.25) is 0 Å². The number of nitrogens with zero attached hydrogens (tertiary/aromatic N) is 1. The molecule has 0 unspecified atom stereocenters. The van der Waals surface area contributed by atoms with E-state index >= 15 is 0 Å². The zero-order valence-corrected chi connectivity index (χ0v) is 6.64.